The highest BCUT2D eigenvalue weighted by atomic mass is 32.2. The largest absolute Gasteiger partial charge is 0.478 e. The van der Waals surface area contributed by atoms with Gasteiger partial charge in [0.05, 0.1) is 5.75 Å². The van der Waals surface area contributed by atoms with Crippen molar-refractivity contribution < 1.29 is 23.1 Å². The van der Waals surface area contributed by atoms with E-state index in [-0.39, 0.29) is 18.8 Å². The van der Waals surface area contributed by atoms with Crippen molar-refractivity contribution in [2.24, 2.45) is 0 Å². The van der Waals surface area contributed by atoms with Crippen molar-refractivity contribution in [2.45, 2.75) is 19.4 Å². The molecule has 1 amide bonds. The van der Waals surface area contributed by atoms with E-state index in [1.165, 1.54) is 9.21 Å². The number of amides is 1. The Morgan fingerprint density at radius 3 is 2.60 bits per heavy atom. The minimum atomic E-state index is -3.43. The maximum atomic E-state index is 12.3. The zero-order valence-corrected chi connectivity index (χ0v) is 14.6. The van der Waals surface area contributed by atoms with Gasteiger partial charge in [-0.2, -0.15) is 0 Å². The molecule has 0 saturated carbocycles. The van der Waals surface area contributed by atoms with Crippen LogP contribution in [0.5, 0.6) is 0 Å². The molecule has 1 N–H and O–H groups in total. The number of sulfonamides is 1. The van der Waals surface area contributed by atoms with Crippen LogP contribution >= 0.6 is 0 Å². The average molecular weight is 367 g/mol. The van der Waals surface area contributed by atoms with Crippen LogP contribution in [-0.2, 0) is 26.2 Å². The van der Waals surface area contributed by atoms with Crippen LogP contribution in [0.1, 0.15) is 18.4 Å². The molecule has 9 heteroatoms. The summed E-state index contributed by atoms with van der Waals surface area (Å²) in [5.74, 6) is -1.98. The van der Waals surface area contributed by atoms with Gasteiger partial charge < -0.3 is 10.0 Å². The number of hydrogen-bond acceptors (Lipinski definition) is 5. The van der Waals surface area contributed by atoms with Gasteiger partial charge in [0.15, 0.2) is 0 Å². The van der Waals surface area contributed by atoms with Gasteiger partial charge >= 0.3 is 5.97 Å². The fraction of sp³-hybridized carbons (Fsp3) is 0.438. The summed E-state index contributed by atoms with van der Waals surface area (Å²) >= 11 is 0. The Labute approximate surface area is 146 Å². The predicted molar refractivity (Wildman–Crippen MR) is 91.0 cm³/mol. The van der Waals surface area contributed by atoms with Gasteiger partial charge in [-0.3, -0.25) is 9.78 Å². The minimum absolute atomic E-state index is 0.0173. The van der Waals surface area contributed by atoms with Gasteiger partial charge in [-0.1, -0.05) is 6.07 Å². The Kier molecular flexibility index (Phi) is 6.65. The van der Waals surface area contributed by atoms with E-state index in [9.17, 15) is 18.0 Å². The fourth-order valence-electron chi connectivity index (χ4n) is 2.55. The first-order valence-electron chi connectivity index (χ1n) is 7.95. The molecule has 25 heavy (non-hydrogen) atoms. The minimum Gasteiger partial charge on any atom is -0.478 e. The molecule has 2 heterocycles. The van der Waals surface area contributed by atoms with Gasteiger partial charge in [0.25, 0.3) is 0 Å². The maximum absolute atomic E-state index is 12.3. The normalized spacial score (nSPS) is 15.5. The zero-order valence-electron chi connectivity index (χ0n) is 13.7. The lowest BCUT2D eigenvalue weighted by atomic mass is 10.2. The first kappa shape index (κ1) is 19.1. The van der Waals surface area contributed by atoms with Crippen LogP contribution in [0.3, 0.4) is 0 Å². The van der Waals surface area contributed by atoms with Crippen molar-refractivity contribution in [1.29, 1.82) is 0 Å². The van der Waals surface area contributed by atoms with Gasteiger partial charge in [0.1, 0.15) is 0 Å². The molecule has 136 valence electrons. The Hall–Kier alpha value is -2.26. The van der Waals surface area contributed by atoms with Crippen LogP contribution < -0.4 is 0 Å². The summed E-state index contributed by atoms with van der Waals surface area (Å²) in [6.07, 6.45) is 6.54. The molecule has 0 aliphatic carbocycles. The highest BCUT2D eigenvalue weighted by Gasteiger charge is 2.26. The number of hydrogen-bond donors (Lipinski definition) is 1. The summed E-state index contributed by atoms with van der Waals surface area (Å²) in [4.78, 5) is 28.1. The van der Waals surface area contributed by atoms with Crippen LogP contribution in [-0.4, -0.2) is 65.0 Å². The summed E-state index contributed by atoms with van der Waals surface area (Å²) in [6.45, 7) is 1.16. The third kappa shape index (κ3) is 5.95. The predicted octanol–water partition coefficient (Wildman–Crippen LogP) is 0.477. The third-order valence-electron chi connectivity index (χ3n) is 3.85. The Balaban J connectivity index is 2.07. The van der Waals surface area contributed by atoms with Crippen molar-refractivity contribution in [2.75, 3.05) is 25.4 Å². The van der Waals surface area contributed by atoms with E-state index < -0.39 is 21.9 Å². The molecule has 1 aromatic heterocycles. The number of carbonyl (C=O) groups is 2. The second-order valence-electron chi connectivity index (χ2n) is 5.71. The lowest BCUT2D eigenvalue weighted by Gasteiger charge is -2.23. The standard InChI is InChI=1S/C16H21N3O5S/c20-15(5-6-16(21)22)18(13-14-4-3-7-17-12-14)10-11-25(23,24)19-8-1-2-9-19/h3-7,12H,1-2,8-11,13H2,(H,21,22). The van der Waals surface area contributed by atoms with Crippen LogP contribution in [0.25, 0.3) is 0 Å². The van der Waals surface area contributed by atoms with Crippen LogP contribution in [0, 0.1) is 0 Å². The Morgan fingerprint density at radius 1 is 1.28 bits per heavy atom. The molecular weight excluding hydrogens is 346 g/mol. The third-order valence-corrected chi connectivity index (χ3v) is 5.70. The molecule has 0 spiro atoms. The number of carbonyl (C=O) groups excluding carboxylic acids is 1. The molecular formula is C16H21N3O5S. The maximum Gasteiger partial charge on any atom is 0.328 e. The number of aliphatic carboxylic acids is 1. The topological polar surface area (TPSA) is 108 Å². The van der Waals surface area contributed by atoms with E-state index in [1.807, 2.05) is 0 Å². The number of carboxylic acid groups (broad SMARTS) is 1. The smallest absolute Gasteiger partial charge is 0.328 e. The number of aromatic nitrogens is 1. The molecule has 0 aromatic carbocycles. The highest BCUT2D eigenvalue weighted by molar-refractivity contribution is 7.89. The molecule has 8 nitrogen and oxygen atoms in total. The van der Waals surface area contributed by atoms with Crippen LogP contribution in [0.15, 0.2) is 36.7 Å². The molecule has 2 rings (SSSR count). The van der Waals surface area contributed by atoms with E-state index >= 15 is 0 Å². The summed E-state index contributed by atoms with van der Waals surface area (Å²) in [6, 6.07) is 3.48. The van der Waals surface area contributed by atoms with E-state index in [0.29, 0.717) is 13.1 Å². The van der Waals surface area contributed by atoms with Crippen molar-refractivity contribution in [3.63, 3.8) is 0 Å². The SMILES string of the molecule is O=C(O)C=CC(=O)N(CCS(=O)(=O)N1CCCC1)Cc1cccnc1. The van der Waals surface area contributed by atoms with E-state index in [4.69, 9.17) is 5.11 Å². The molecule has 1 aliphatic rings. The number of rotatable bonds is 8. The average Bonchev–Trinajstić information content (AvgIpc) is 3.13. The van der Waals surface area contributed by atoms with Gasteiger partial charge in [-0.25, -0.2) is 17.5 Å². The highest BCUT2D eigenvalue weighted by Crippen LogP contribution is 2.14. The first-order valence-corrected chi connectivity index (χ1v) is 9.56. The summed E-state index contributed by atoms with van der Waals surface area (Å²) in [7, 11) is -3.43. The van der Waals surface area contributed by atoms with E-state index in [0.717, 1.165) is 30.6 Å². The van der Waals surface area contributed by atoms with E-state index in [1.54, 1.807) is 24.5 Å². The number of carboxylic acids is 1. The zero-order chi connectivity index (χ0) is 18.3. The van der Waals surface area contributed by atoms with Gasteiger partial charge in [0.2, 0.25) is 15.9 Å². The lowest BCUT2D eigenvalue weighted by molar-refractivity contribution is -0.132. The molecule has 0 bridgehead atoms. The summed E-state index contributed by atoms with van der Waals surface area (Å²) in [5.41, 5.74) is 0.734. The van der Waals surface area contributed by atoms with Crippen molar-refractivity contribution in [1.82, 2.24) is 14.2 Å². The van der Waals surface area contributed by atoms with Crippen LogP contribution in [0.4, 0.5) is 0 Å². The lowest BCUT2D eigenvalue weighted by Crippen LogP contribution is -2.38. The van der Waals surface area contributed by atoms with Crippen molar-refractivity contribution in [3.8, 4) is 0 Å². The second kappa shape index (κ2) is 8.72. The fourth-order valence-corrected chi connectivity index (χ4v) is 4.07. The van der Waals surface area contributed by atoms with Gasteiger partial charge in [-0.05, 0) is 24.5 Å². The quantitative estimate of drug-likeness (QED) is 0.670. The molecule has 1 aliphatic heterocycles. The number of nitrogens with zero attached hydrogens (tertiary/aromatic N) is 3. The Bertz CT molecular complexity index is 727. The first-order chi connectivity index (χ1) is 11.9. The molecule has 1 saturated heterocycles. The van der Waals surface area contributed by atoms with E-state index in [2.05, 4.69) is 4.98 Å². The summed E-state index contributed by atoms with van der Waals surface area (Å²) < 4.78 is 26.1. The monoisotopic (exact) mass is 367 g/mol. The van der Waals surface area contributed by atoms with Crippen molar-refractivity contribution >= 4 is 21.9 Å². The molecule has 1 fully saturated rings. The van der Waals surface area contributed by atoms with Gasteiger partial charge in [0, 0.05) is 50.7 Å². The Morgan fingerprint density at radius 2 is 2.00 bits per heavy atom. The molecule has 0 unspecified atom stereocenters. The molecule has 0 radical (unpaired) electrons. The van der Waals surface area contributed by atoms with Crippen LogP contribution in [0.2, 0.25) is 0 Å². The molecule has 0 atom stereocenters. The second-order valence-corrected chi connectivity index (χ2v) is 7.80. The van der Waals surface area contributed by atoms with Crippen molar-refractivity contribution in [3.05, 3.63) is 42.2 Å². The number of pyridine rings is 1. The molecule has 1 aromatic rings. The van der Waals surface area contributed by atoms with Gasteiger partial charge in [-0.15, -0.1) is 0 Å². The summed E-state index contributed by atoms with van der Waals surface area (Å²) in [5, 5.41) is 8.67.